The van der Waals surface area contributed by atoms with E-state index in [0.29, 0.717) is 0 Å². The van der Waals surface area contributed by atoms with Crippen molar-refractivity contribution in [2.45, 2.75) is 0 Å². The van der Waals surface area contributed by atoms with Crippen molar-refractivity contribution in [3.63, 3.8) is 0 Å². The molecule has 9 heteroatoms. The summed E-state index contributed by atoms with van der Waals surface area (Å²) in [5, 5.41) is 0.894. The topological polar surface area (TPSA) is 63.2 Å². The summed E-state index contributed by atoms with van der Waals surface area (Å²) in [4.78, 5) is 0. The van der Waals surface area contributed by atoms with Crippen LogP contribution in [-0.2, 0) is 34.5 Å². The second kappa shape index (κ2) is 5.98. The molecule has 4 aliphatic heterocycles. The molecule has 2 aromatic rings. The summed E-state index contributed by atoms with van der Waals surface area (Å²) in [6.45, 7) is -1.72. The average molecular weight is 410 g/mol. The number of phosphoric acid groups is 1. The first-order valence-corrected chi connectivity index (χ1v) is 12.3. The van der Waals surface area contributed by atoms with E-state index in [9.17, 15) is 4.57 Å². The summed E-state index contributed by atoms with van der Waals surface area (Å²) in [6.07, 6.45) is 0. The molecule has 6 rings (SSSR count). The van der Waals surface area contributed by atoms with Crippen molar-refractivity contribution in [1.29, 1.82) is 0 Å². The Balaban J connectivity index is 1.46. The van der Waals surface area contributed by atoms with Gasteiger partial charge in [0.15, 0.2) is 0 Å². The molecule has 1 unspecified atom stereocenters. The minimum absolute atomic E-state index is 0.251. The summed E-state index contributed by atoms with van der Waals surface area (Å²) in [6, 6.07) is 15.7. The lowest BCUT2D eigenvalue weighted by Crippen LogP contribution is -2.47. The van der Waals surface area contributed by atoms with Gasteiger partial charge in [-0.2, -0.15) is 0 Å². The van der Waals surface area contributed by atoms with Crippen LogP contribution >= 0.6 is 14.3 Å². The van der Waals surface area contributed by atoms with E-state index in [1.54, 1.807) is 0 Å². The molecule has 0 saturated carbocycles. The third-order valence-electron chi connectivity index (χ3n) is 4.72. The number of para-hydroxylation sites is 1. The van der Waals surface area contributed by atoms with Crippen LogP contribution in [0.2, 0.25) is 0 Å². The highest BCUT2D eigenvalue weighted by Gasteiger charge is 2.51. The summed E-state index contributed by atoms with van der Waals surface area (Å²) >= 11 is 5.87. The predicted molar refractivity (Wildman–Crippen MR) is 100 cm³/mol. The third-order valence-corrected chi connectivity index (χ3v) is 9.07. The second-order valence-electron chi connectivity index (χ2n) is 6.64. The maximum Gasteiger partial charge on any atom is 0.474 e. The predicted octanol–water partition coefficient (Wildman–Crippen LogP) is 3.87. The van der Waals surface area contributed by atoms with Gasteiger partial charge in [0, 0.05) is 5.56 Å². The van der Waals surface area contributed by atoms with E-state index in [1.165, 1.54) is 0 Å². The molecule has 0 N–H and O–H groups in total. The van der Waals surface area contributed by atoms with Crippen molar-refractivity contribution in [2.75, 3.05) is 26.4 Å². The molecule has 6 nitrogen and oxygen atoms in total. The summed E-state index contributed by atoms with van der Waals surface area (Å²) in [5.41, 5.74) is 1.53. The van der Waals surface area contributed by atoms with Crippen LogP contribution in [0, 0.1) is 5.41 Å². The molecule has 4 aliphatic rings. The van der Waals surface area contributed by atoms with Gasteiger partial charge in [-0.15, -0.1) is 0 Å². The van der Waals surface area contributed by atoms with Gasteiger partial charge in [0.05, 0.1) is 37.1 Å². The lowest BCUT2D eigenvalue weighted by molar-refractivity contribution is -0.110. The van der Waals surface area contributed by atoms with Gasteiger partial charge in [0.2, 0.25) is 0 Å². The smallest absolute Gasteiger partial charge is 0.440 e. The van der Waals surface area contributed by atoms with Crippen LogP contribution in [0.1, 0.15) is 0 Å². The molecule has 3 saturated heterocycles. The van der Waals surface area contributed by atoms with Gasteiger partial charge in [0.25, 0.3) is 6.49 Å². The van der Waals surface area contributed by atoms with Crippen molar-refractivity contribution in [3.8, 4) is 16.9 Å². The highest BCUT2D eigenvalue weighted by atomic mass is 32.5. The first kappa shape index (κ1) is 17.1. The van der Waals surface area contributed by atoms with Crippen molar-refractivity contribution in [2.24, 2.45) is 5.41 Å². The fourth-order valence-electron chi connectivity index (χ4n) is 3.22. The fourth-order valence-corrected chi connectivity index (χ4v) is 7.52. The quantitative estimate of drug-likeness (QED) is 0.712. The summed E-state index contributed by atoms with van der Waals surface area (Å²) in [5.74, 6) is 0.729. The van der Waals surface area contributed by atoms with Crippen LogP contribution in [0.4, 0.5) is 0 Å². The largest absolute Gasteiger partial charge is 0.474 e. The van der Waals surface area contributed by atoms with Crippen LogP contribution in [0.25, 0.3) is 11.1 Å². The lowest BCUT2D eigenvalue weighted by atomic mass is 9.93. The van der Waals surface area contributed by atoms with E-state index >= 15 is 0 Å². The SMILES string of the molecule is O=P12OCC(COP3(=S)Oc4ccccc4-c4ccccc43)(CO1)CO2. The highest BCUT2D eigenvalue weighted by Crippen LogP contribution is 2.62. The highest BCUT2D eigenvalue weighted by molar-refractivity contribution is 8.13. The average Bonchev–Trinajstić information content (AvgIpc) is 2.68. The molecule has 0 amide bonds. The molecular formula is C17H16O6P2S. The Morgan fingerprint density at radius 3 is 2.31 bits per heavy atom. The molecule has 136 valence electrons. The van der Waals surface area contributed by atoms with Gasteiger partial charge in [-0.1, -0.05) is 36.4 Å². The maximum absolute atomic E-state index is 11.9. The Morgan fingerprint density at radius 1 is 0.962 bits per heavy atom. The van der Waals surface area contributed by atoms with Gasteiger partial charge < -0.3 is 9.05 Å². The molecule has 1 atom stereocenters. The van der Waals surface area contributed by atoms with Crippen LogP contribution in [0.5, 0.6) is 5.75 Å². The molecule has 2 aromatic carbocycles. The van der Waals surface area contributed by atoms with E-state index in [4.69, 9.17) is 34.4 Å². The molecular weight excluding hydrogens is 394 g/mol. The number of hydrogen-bond donors (Lipinski definition) is 0. The fraction of sp³-hybridized carbons (Fsp3) is 0.294. The number of hydrogen-bond acceptors (Lipinski definition) is 7. The minimum Gasteiger partial charge on any atom is -0.440 e. The van der Waals surface area contributed by atoms with Crippen LogP contribution in [0.15, 0.2) is 48.5 Å². The molecule has 26 heavy (non-hydrogen) atoms. The zero-order chi connectivity index (χ0) is 17.8. The Bertz CT molecular complexity index is 946. The molecule has 0 radical (unpaired) electrons. The Kier molecular flexibility index (Phi) is 3.93. The number of fused-ring (bicyclic) bond motifs is 6. The van der Waals surface area contributed by atoms with E-state index in [-0.39, 0.29) is 26.4 Å². The monoisotopic (exact) mass is 410 g/mol. The maximum atomic E-state index is 11.9. The third kappa shape index (κ3) is 2.71. The Hall–Kier alpha value is -1.04. The molecule has 3 fully saturated rings. The molecule has 2 bridgehead atoms. The molecule has 4 heterocycles. The lowest BCUT2D eigenvalue weighted by Gasteiger charge is -2.44. The van der Waals surface area contributed by atoms with Crippen molar-refractivity contribution >= 4 is 31.4 Å². The van der Waals surface area contributed by atoms with Crippen molar-refractivity contribution in [3.05, 3.63) is 48.5 Å². The standard InChI is InChI=1S/C17H16O6P2S/c18-25-20-10-17(11-21-25,12-22-25)9-19-24(26)16-8-4-2-6-14(16)13-5-1-3-7-15(13)23-24/h1-8H,9-12H2. The second-order valence-corrected chi connectivity index (χ2v) is 11.7. The normalized spacial score (nSPS) is 34.6. The van der Waals surface area contributed by atoms with Gasteiger partial charge >= 0.3 is 7.82 Å². The Labute approximate surface area is 156 Å². The number of benzene rings is 2. The van der Waals surface area contributed by atoms with E-state index in [0.717, 1.165) is 22.2 Å². The zero-order valence-electron chi connectivity index (χ0n) is 13.7. The summed E-state index contributed by atoms with van der Waals surface area (Å²) in [7, 11) is -3.34. The first-order valence-electron chi connectivity index (χ1n) is 8.18. The Morgan fingerprint density at radius 2 is 1.58 bits per heavy atom. The minimum atomic E-state index is -3.34. The zero-order valence-corrected chi connectivity index (χ0v) is 16.3. The van der Waals surface area contributed by atoms with Crippen molar-refractivity contribution < 1.29 is 27.2 Å². The van der Waals surface area contributed by atoms with Gasteiger partial charge in [-0.3, -0.25) is 13.6 Å². The van der Waals surface area contributed by atoms with E-state index < -0.39 is 19.7 Å². The molecule has 0 aromatic heterocycles. The van der Waals surface area contributed by atoms with Gasteiger partial charge in [-0.05, 0) is 29.5 Å². The van der Waals surface area contributed by atoms with Gasteiger partial charge in [-0.25, -0.2) is 4.57 Å². The first-order chi connectivity index (χ1) is 12.5. The molecule has 0 spiro atoms. The van der Waals surface area contributed by atoms with Crippen molar-refractivity contribution in [1.82, 2.24) is 0 Å². The summed E-state index contributed by atoms with van der Waals surface area (Å²) < 4.78 is 40.0. The molecule has 0 aliphatic carbocycles. The van der Waals surface area contributed by atoms with E-state index in [1.807, 2.05) is 48.5 Å². The van der Waals surface area contributed by atoms with Crippen LogP contribution in [-0.4, -0.2) is 26.4 Å². The van der Waals surface area contributed by atoms with Crippen LogP contribution < -0.4 is 9.83 Å². The van der Waals surface area contributed by atoms with Crippen LogP contribution in [0.3, 0.4) is 0 Å². The van der Waals surface area contributed by atoms with E-state index in [2.05, 4.69) is 0 Å². The van der Waals surface area contributed by atoms with Gasteiger partial charge in [0.1, 0.15) is 5.75 Å². The number of rotatable bonds is 3. The number of phosphoric ester groups is 1.